The number of hydrogen-bond donors (Lipinski definition) is 1. The van der Waals surface area contributed by atoms with Crippen LogP contribution in [0.25, 0.3) is 0 Å². The molecule has 8 nitrogen and oxygen atoms in total. The summed E-state index contributed by atoms with van der Waals surface area (Å²) in [4.78, 5) is 12.2. The Bertz CT molecular complexity index is 1040. The molecule has 0 atom stereocenters. The molecule has 0 aromatic heterocycles. The number of ether oxygens (including phenoxy) is 2. The third-order valence-electron chi connectivity index (χ3n) is 3.91. The molecule has 1 amide bonds. The molecule has 1 heterocycles. The van der Waals surface area contributed by atoms with Crippen LogP contribution in [0.4, 0.5) is 5.69 Å². The zero-order valence-corrected chi connectivity index (χ0v) is 16.7. The average Bonchev–Trinajstić information content (AvgIpc) is 3.07. The molecular weight excluding hydrogens is 406 g/mol. The van der Waals surface area contributed by atoms with Crippen LogP contribution in [-0.4, -0.2) is 40.1 Å². The summed E-state index contributed by atoms with van der Waals surface area (Å²) in [5, 5.41) is 4.35. The lowest BCUT2D eigenvalue weighted by molar-refractivity contribution is -0.119. The minimum Gasteiger partial charge on any atom is -0.454 e. The lowest BCUT2D eigenvalue weighted by Crippen LogP contribution is -2.39. The molecule has 3 rings (SSSR count). The molecule has 0 fully saturated rings. The molecule has 28 heavy (non-hydrogen) atoms. The van der Waals surface area contributed by atoms with Gasteiger partial charge in [0.1, 0.15) is 6.54 Å². The summed E-state index contributed by atoms with van der Waals surface area (Å²) >= 11 is 5.92. The SMILES string of the molecule is Cc1cc(Cl)ccc1N(CC(=O)N/N=C\c1ccc2c(c1)OCO2)S(C)(=O)=O. The molecule has 0 spiro atoms. The van der Waals surface area contributed by atoms with E-state index in [1.165, 1.54) is 6.21 Å². The number of halogens is 1. The van der Waals surface area contributed by atoms with Crippen LogP contribution in [0.1, 0.15) is 11.1 Å². The zero-order valence-electron chi connectivity index (χ0n) is 15.2. The van der Waals surface area contributed by atoms with Crippen LogP contribution in [0.15, 0.2) is 41.5 Å². The molecule has 2 aromatic rings. The Morgan fingerprint density at radius 1 is 1.25 bits per heavy atom. The van der Waals surface area contributed by atoms with Gasteiger partial charge in [-0.05, 0) is 54.4 Å². The van der Waals surface area contributed by atoms with Gasteiger partial charge in [-0.2, -0.15) is 5.10 Å². The molecule has 2 aromatic carbocycles. The average molecular weight is 424 g/mol. The quantitative estimate of drug-likeness (QED) is 0.568. The number of amides is 1. The summed E-state index contributed by atoms with van der Waals surface area (Å²) in [7, 11) is -3.69. The molecular formula is C18H18ClN3O5S. The van der Waals surface area contributed by atoms with Gasteiger partial charge >= 0.3 is 0 Å². The number of nitrogens with zero attached hydrogens (tertiary/aromatic N) is 2. The highest BCUT2D eigenvalue weighted by Crippen LogP contribution is 2.32. The lowest BCUT2D eigenvalue weighted by Gasteiger charge is -2.23. The van der Waals surface area contributed by atoms with Crippen molar-refractivity contribution in [3.63, 3.8) is 0 Å². The third kappa shape index (κ3) is 4.73. The maximum atomic E-state index is 12.2. The molecule has 0 bridgehead atoms. The normalized spacial score (nSPS) is 13.0. The fraction of sp³-hybridized carbons (Fsp3) is 0.222. The highest BCUT2D eigenvalue weighted by Gasteiger charge is 2.22. The number of sulfonamides is 1. The van der Waals surface area contributed by atoms with E-state index in [1.54, 1.807) is 43.3 Å². The van der Waals surface area contributed by atoms with Crippen LogP contribution in [0.3, 0.4) is 0 Å². The van der Waals surface area contributed by atoms with Crippen molar-refractivity contribution < 1.29 is 22.7 Å². The summed E-state index contributed by atoms with van der Waals surface area (Å²) in [6.45, 7) is 1.47. The number of hydrazone groups is 1. The van der Waals surface area contributed by atoms with Gasteiger partial charge in [-0.15, -0.1) is 0 Å². The Labute approximate surface area is 167 Å². The van der Waals surface area contributed by atoms with E-state index >= 15 is 0 Å². The maximum absolute atomic E-state index is 12.2. The molecule has 1 aliphatic heterocycles. The van der Waals surface area contributed by atoms with Crippen molar-refractivity contribution in [2.24, 2.45) is 5.10 Å². The van der Waals surface area contributed by atoms with Crippen LogP contribution in [0, 0.1) is 6.92 Å². The molecule has 1 aliphatic rings. The van der Waals surface area contributed by atoms with Gasteiger partial charge < -0.3 is 9.47 Å². The Morgan fingerprint density at radius 3 is 2.71 bits per heavy atom. The van der Waals surface area contributed by atoms with Crippen molar-refractivity contribution in [2.45, 2.75) is 6.92 Å². The molecule has 148 valence electrons. The smallest absolute Gasteiger partial charge is 0.260 e. The first-order valence-electron chi connectivity index (χ1n) is 8.19. The summed E-state index contributed by atoms with van der Waals surface area (Å²) in [6, 6.07) is 9.96. The number of nitrogens with one attached hydrogen (secondary N) is 1. The van der Waals surface area contributed by atoms with Crippen molar-refractivity contribution in [3.8, 4) is 11.5 Å². The Hall–Kier alpha value is -2.78. The number of carbonyl (C=O) groups is 1. The van der Waals surface area contributed by atoms with E-state index in [1.807, 2.05) is 0 Å². The highest BCUT2D eigenvalue weighted by molar-refractivity contribution is 7.92. The first-order valence-corrected chi connectivity index (χ1v) is 10.4. The van der Waals surface area contributed by atoms with Gasteiger partial charge in [-0.25, -0.2) is 13.8 Å². The fourth-order valence-electron chi connectivity index (χ4n) is 2.62. The fourth-order valence-corrected chi connectivity index (χ4v) is 3.76. The van der Waals surface area contributed by atoms with E-state index in [-0.39, 0.29) is 6.79 Å². The molecule has 0 aliphatic carbocycles. The van der Waals surface area contributed by atoms with Crippen molar-refractivity contribution >= 4 is 39.4 Å². The van der Waals surface area contributed by atoms with E-state index in [0.717, 1.165) is 10.6 Å². The van der Waals surface area contributed by atoms with Crippen molar-refractivity contribution in [2.75, 3.05) is 23.9 Å². The van der Waals surface area contributed by atoms with Crippen LogP contribution >= 0.6 is 11.6 Å². The van der Waals surface area contributed by atoms with Gasteiger partial charge in [-0.1, -0.05) is 11.6 Å². The molecule has 0 saturated carbocycles. The van der Waals surface area contributed by atoms with Gasteiger partial charge in [-0.3, -0.25) is 9.10 Å². The first kappa shape index (κ1) is 20.0. The summed E-state index contributed by atoms with van der Waals surface area (Å²) in [6.07, 6.45) is 2.46. The standard InChI is InChI=1S/C18H18ClN3O5S/c1-12-7-14(19)4-5-15(12)22(28(2,24)25)10-18(23)21-20-9-13-3-6-16-17(8-13)27-11-26-16/h3-9H,10-11H2,1-2H3,(H,21,23)/b20-9-. The van der Waals surface area contributed by atoms with Gasteiger partial charge in [0.15, 0.2) is 11.5 Å². The van der Waals surface area contributed by atoms with Crippen LogP contribution in [-0.2, 0) is 14.8 Å². The highest BCUT2D eigenvalue weighted by atomic mass is 35.5. The first-order chi connectivity index (χ1) is 13.2. The zero-order chi connectivity index (χ0) is 20.3. The monoisotopic (exact) mass is 423 g/mol. The number of fused-ring (bicyclic) bond motifs is 1. The molecule has 1 N–H and O–H groups in total. The summed E-state index contributed by atoms with van der Waals surface area (Å²) < 4.78 is 35.8. The van der Waals surface area contributed by atoms with Gasteiger partial charge in [0, 0.05) is 5.02 Å². The van der Waals surface area contributed by atoms with Gasteiger partial charge in [0.05, 0.1) is 18.2 Å². The van der Waals surface area contributed by atoms with Crippen molar-refractivity contribution in [1.82, 2.24) is 5.43 Å². The second-order valence-corrected chi connectivity index (χ2v) is 8.45. The van der Waals surface area contributed by atoms with E-state index < -0.39 is 22.5 Å². The molecule has 0 unspecified atom stereocenters. The largest absolute Gasteiger partial charge is 0.454 e. The molecule has 0 saturated heterocycles. The maximum Gasteiger partial charge on any atom is 0.260 e. The predicted octanol–water partition coefficient (Wildman–Crippen LogP) is 2.29. The van der Waals surface area contributed by atoms with E-state index in [9.17, 15) is 13.2 Å². The molecule has 0 radical (unpaired) electrons. The van der Waals surface area contributed by atoms with E-state index in [4.69, 9.17) is 21.1 Å². The van der Waals surface area contributed by atoms with Crippen molar-refractivity contribution in [3.05, 3.63) is 52.5 Å². The number of hydrogen-bond acceptors (Lipinski definition) is 6. The van der Waals surface area contributed by atoms with E-state index in [2.05, 4.69) is 10.5 Å². The minimum atomic E-state index is -3.69. The number of carbonyl (C=O) groups excluding carboxylic acids is 1. The predicted molar refractivity (Wildman–Crippen MR) is 107 cm³/mol. The molecule has 10 heteroatoms. The topological polar surface area (TPSA) is 97.3 Å². The van der Waals surface area contributed by atoms with Crippen LogP contribution in [0.5, 0.6) is 11.5 Å². The second-order valence-electron chi connectivity index (χ2n) is 6.11. The van der Waals surface area contributed by atoms with Crippen molar-refractivity contribution in [1.29, 1.82) is 0 Å². The van der Waals surface area contributed by atoms with Gasteiger partial charge in [0.25, 0.3) is 5.91 Å². The Morgan fingerprint density at radius 2 is 2.00 bits per heavy atom. The third-order valence-corrected chi connectivity index (χ3v) is 5.28. The van der Waals surface area contributed by atoms with Crippen LogP contribution < -0.4 is 19.2 Å². The summed E-state index contributed by atoms with van der Waals surface area (Å²) in [5.74, 6) is 0.650. The Balaban J connectivity index is 1.69. The van der Waals surface area contributed by atoms with E-state index in [0.29, 0.717) is 33.3 Å². The number of anilines is 1. The van der Waals surface area contributed by atoms with Crippen LogP contribution in [0.2, 0.25) is 5.02 Å². The van der Waals surface area contributed by atoms with Gasteiger partial charge in [0.2, 0.25) is 16.8 Å². The second kappa shape index (κ2) is 8.07. The number of rotatable bonds is 6. The lowest BCUT2D eigenvalue weighted by atomic mass is 10.2. The number of benzene rings is 2. The number of aryl methyl sites for hydroxylation is 1. The minimum absolute atomic E-state index is 0.165. The Kier molecular flexibility index (Phi) is 5.76. The summed E-state index contributed by atoms with van der Waals surface area (Å²) in [5.41, 5.74) is 4.03.